The number of amides is 1. The zero-order valence-electron chi connectivity index (χ0n) is 16.1. The first kappa shape index (κ1) is 19.8. The molecule has 6 nitrogen and oxygen atoms in total. The summed E-state index contributed by atoms with van der Waals surface area (Å²) in [6, 6.07) is 13.0. The Morgan fingerprint density at radius 3 is 2.60 bits per heavy atom. The third kappa shape index (κ3) is 4.08. The van der Waals surface area contributed by atoms with Crippen LogP contribution >= 0.6 is 11.3 Å². The molecule has 0 saturated carbocycles. The molecule has 2 heterocycles. The Labute approximate surface area is 175 Å². The Balaban J connectivity index is 1.53. The highest BCUT2D eigenvalue weighted by Gasteiger charge is 2.14. The van der Waals surface area contributed by atoms with Crippen molar-refractivity contribution >= 4 is 33.1 Å². The van der Waals surface area contributed by atoms with Crippen molar-refractivity contribution in [3.8, 4) is 16.9 Å². The lowest BCUT2D eigenvalue weighted by molar-refractivity contribution is -0.116. The maximum Gasteiger partial charge on any atom is 0.271 e. The Morgan fingerprint density at radius 1 is 1.17 bits per heavy atom. The molecule has 4 aromatic rings. The molecular weight excluding hydrogens is 405 g/mol. The van der Waals surface area contributed by atoms with Gasteiger partial charge in [-0.2, -0.15) is 0 Å². The van der Waals surface area contributed by atoms with Crippen LogP contribution < -0.4 is 15.6 Å². The fraction of sp³-hybridized carbons (Fsp3) is 0.136. The summed E-state index contributed by atoms with van der Waals surface area (Å²) in [6.45, 7) is 2.31. The summed E-state index contributed by atoms with van der Waals surface area (Å²) >= 11 is 1.26. The van der Waals surface area contributed by atoms with E-state index in [4.69, 9.17) is 4.74 Å². The highest BCUT2D eigenvalue weighted by molar-refractivity contribution is 7.17. The molecule has 1 N–H and O–H groups in total. The lowest BCUT2D eigenvalue weighted by Gasteiger charge is -2.08. The summed E-state index contributed by atoms with van der Waals surface area (Å²) in [5, 5.41) is 4.57. The maximum absolute atomic E-state index is 13.2. The van der Waals surface area contributed by atoms with Gasteiger partial charge in [0.1, 0.15) is 22.8 Å². The van der Waals surface area contributed by atoms with Crippen LogP contribution in [0.4, 0.5) is 10.1 Å². The fourth-order valence-electron chi connectivity index (χ4n) is 3.05. The zero-order chi connectivity index (χ0) is 21.1. The Morgan fingerprint density at radius 2 is 1.90 bits per heavy atom. The predicted octanol–water partition coefficient (Wildman–Crippen LogP) is 4.30. The topological polar surface area (TPSA) is 73.2 Å². The highest BCUT2D eigenvalue weighted by atomic mass is 32.1. The van der Waals surface area contributed by atoms with E-state index in [0.29, 0.717) is 22.5 Å². The van der Waals surface area contributed by atoms with Crippen LogP contribution in [0, 0.1) is 5.82 Å². The number of nitrogens with zero attached hydrogens (tertiary/aromatic N) is 2. The molecule has 2 aromatic heterocycles. The van der Waals surface area contributed by atoms with E-state index in [2.05, 4.69) is 10.3 Å². The van der Waals surface area contributed by atoms with Crippen LogP contribution in [0.5, 0.6) is 5.75 Å². The number of carbonyl (C=O) groups is 1. The second-order valence-corrected chi connectivity index (χ2v) is 7.40. The van der Waals surface area contributed by atoms with E-state index in [1.807, 2.05) is 12.3 Å². The van der Waals surface area contributed by atoms with Gasteiger partial charge in [0.25, 0.3) is 5.56 Å². The van der Waals surface area contributed by atoms with Gasteiger partial charge in [-0.1, -0.05) is 12.1 Å². The standard InChI is InChI=1S/C22H18FN3O3S/c1-2-29-17-9-7-16(8-10-17)25-19(27)11-26-13-24-20-18(12-30-21(20)22(26)28)14-3-5-15(23)6-4-14/h3-10,12-13H,2,11H2,1H3,(H,25,27). The molecule has 0 aliphatic heterocycles. The molecule has 0 spiro atoms. The van der Waals surface area contributed by atoms with Gasteiger partial charge in [0.2, 0.25) is 5.91 Å². The lowest BCUT2D eigenvalue weighted by Crippen LogP contribution is -2.27. The molecule has 0 fully saturated rings. The number of thiophene rings is 1. The van der Waals surface area contributed by atoms with Crippen molar-refractivity contribution in [2.75, 3.05) is 11.9 Å². The molecule has 1 amide bonds. The molecule has 4 rings (SSSR count). The van der Waals surface area contributed by atoms with E-state index in [1.54, 1.807) is 36.4 Å². The van der Waals surface area contributed by atoms with Crippen molar-refractivity contribution in [3.63, 3.8) is 0 Å². The van der Waals surface area contributed by atoms with E-state index >= 15 is 0 Å². The summed E-state index contributed by atoms with van der Waals surface area (Å²) in [6.07, 6.45) is 1.36. The number of aromatic nitrogens is 2. The number of anilines is 1. The average Bonchev–Trinajstić information content (AvgIpc) is 3.17. The molecule has 0 radical (unpaired) electrons. The SMILES string of the molecule is CCOc1ccc(NC(=O)Cn2cnc3c(-c4ccc(F)cc4)csc3c2=O)cc1. The van der Waals surface area contributed by atoms with Gasteiger partial charge in [0.05, 0.1) is 18.5 Å². The smallest absolute Gasteiger partial charge is 0.271 e. The Kier molecular flexibility index (Phi) is 5.58. The van der Waals surface area contributed by atoms with Crippen LogP contribution in [0.15, 0.2) is 65.0 Å². The van der Waals surface area contributed by atoms with E-state index in [0.717, 1.165) is 16.9 Å². The van der Waals surface area contributed by atoms with Gasteiger partial charge in [-0.3, -0.25) is 14.2 Å². The first-order chi connectivity index (χ1) is 14.5. The minimum atomic E-state index is -0.335. The van der Waals surface area contributed by atoms with Crippen molar-refractivity contribution in [1.29, 1.82) is 0 Å². The van der Waals surface area contributed by atoms with Crippen LogP contribution in [-0.4, -0.2) is 22.1 Å². The van der Waals surface area contributed by atoms with E-state index < -0.39 is 0 Å². The van der Waals surface area contributed by atoms with Gasteiger partial charge >= 0.3 is 0 Å². The van der Waals surface area contributed by atoms with Crippen molar-refractivity contribution in [3.05, 3.63) is 76.4 Å². The molecular formula is C22H18FN3O3S. The number of rotatable bonds is 6. The minimum absolute atomic E-state index is 0.154. The number of hydrogen-bond donors (Lipinski definition) is 1. The highest BCUT2D eigenvalue weighted by Crippen LogP contribution is 2.30. The fourth-order valence-corrected chi connectivity index (χ4v) is 4.02. The average molecular weight is 423 g/mol. The van der Waals surface area contributed by atoms with Gasteiger partial charge in [0.15, 0.2) is 0 Å². The maximum atomic E-state index is 13.2. The van der Waals surface area contributed by atoms with E-state index in [1.165, 1.54) is 34.4 Å². The number of nitrogens with one attached hydrogen (secondary N) is 1. The molecule has 30 heavy (non-hydrogen) atoms. The van der Waals surface area contributed by atoms with Crippen molar-refractivity contribution in [1.82, 2.24) is 9.55 Å². The van der Waals surface area contributed by atoms with Gasteiger partial charge in [-0.15, -0.1) is 11.3 Å². The summed E-state index contributed by atoms with van der Waals surface area (Å²) in [7, 11) is 0. The van der Waals surface area contributed by atoms with Crippen molar-refractivity contribution in [2.45, 2.75) is 13.5 Å². The predicted molar refractivity (Wildman–Crippen MR) is 116 cm³/mol. The van der Waals surface area contributed by atoms with Crippen LogP contribution in [0.2, 0.25) is 0 Å². The normalized spacial score (nSPS) is 10.9. The zero-order valence-corrected chi connectivity index (χ0v) is 16.9. The molecule has 2 aromatic carbocycles. The minimum Gasteiger partial charge on any atom is -0.494 e. The van der Waals surface area contributed by atoms with Crippen molar-refractivity contribution < 1.29 is 13.9 Å². The molecule has 0 saturated heterocycles. The number of halogens is 1. The first-order valence-corrected chi connectivity index (χ1v) is 10.2. The third-order valence-corrected chi connectivity index (χ3v) is 5.42. The number of fused-ring (bicyclic) bond motifs is 1. The molecule has 0 aliphatic rings. The van der Waals surface area contributed by atoms with Gasteiger partial charge in [0, 0.05) is 16.6 Å². The number of benzene rings is 2. The number of carbonyl (C=O) groups excluding carboxylic acids is 1. The second kappa shape index (κ2) is 8.46. The Hall–Kier alpha value is -3.52. The molecule has 0 bridgehead atoms. The summed E-state index contributed by atoms with van der Waals surface area (Å²) < 4.78 is 20.3. The molecule has 0 unspecified atom stereocenters. The van der Waals surface area contributed by atoms with E-state index in [-0.39, 0.29) is 23.8 Å². The molecule has 0 atom stereocenters. The van der Waals surface area contributed by atoms with Crippen LogP contribution in [0.1, 0.15) is 6.92 Å². The van der Waals surface area contributed by atoms with Gasteiger partial charge < -0.3 is 10.1 Å². The van der Waals surface area contributed by atoms with Crippen LogP contribution in [0.3, 0.4) is 0 Å². The largest absolute Gasteiger partial charge is 0.494 e. The third-order valence-electron chi connectivity index (χ3n) is 4.46. The van der Waals surface area contributed by atoms with Gasteiger partial charge in [-0.05, 0) is 48.9 Å². The number of ether oxygens (including phenoxy) is 1. The molecule has 8 heteroatoms. The Bertz CT molecular complexity index is 1250. The molecule has 152 valence electrons. The lowest BCUT2D eigenvalue weighted by atomic mass is 10.1. The quantitative estimate of drug-likeness (QED) is 0.502. The monoisotopic (exact) mass is 423 g/mol. The van der Waals surface area contributed by atoms with Crippen LogP contribution in [-0.2, 0) is 11.3 Å². The first-order valence-electron chi connectivity index (χ1n) is 9.30. The van der Waals surface area contributed by atoms with E-state index in [9.17, 15) is 14.0 Å². The van der Waals surface area contributed by atoms with Gasteiger partial charge in [-0.25, -0.2) is 9.37 Å². The summed E-state index contributed by atoms with van der Waals surface area (Å²) in [4.78, 5) is 29.6. The summed E-state index contributed by atoms with van der Waals surface area (Å²) in [5.41, 5.74) is 2.40. The second-order valence-electron chi connectivity index (χ2n) is 6.52. The van der Waals surface area contributed by atoms with Crippen LogP contribution in [0.25, 0.3) is 21.3 Å². The van der Waals surface area contributed by atoms with Crippen molar-refractivity contribution in [2.24, 2.45) is 0 Å². The molecule has 0 aliphatic carbocycles. The summed E-state index contributed by atoms with van der Waals surface area (Å²) in [5.74, 6) is 0.0564. The number of hydrogen-bond acceptors (Lipinski definition) is 5.